The van der Waals surface area contributed by atoms with Gasteiger partial charge in [0.1, 0.15) is 18.1 Å². The summed E-state index contributed by atoms with van der Waals surface area (Å²) in [4.78, 5) is 24.6. The van der Waals surface area contributed by atoms with Crippen molar-refractivity contribution in [2.24, 2.45) is 0 Å². The van der Waals surface area contributed by atoms with Gasteiger partial charge in [-0.05, 0) is 48.9 Å². The Morgan fingerprint density at radius 1 is 0.871 bits per heavy atom. The molecule has 0 bridgehead atoms. The van der Waals surface area contributed by atoms with Gasteiger partial charge in [0.15, 0.2) is 0 Å². The molecule has 6 nitrogen and oxygen atoms in total. The molecule has 0 aliphatic heterocycles. The lowest BCUT2D eigenvalue weighted by molar-refractivity contribution is -0.138. The summed E-state index contributed by atoms with van der Waals surface area (Å²) in [6.07, 6.45) is 1.42. The average Bonchev–Trinajstić information content (AvgIpc) is 2.82. The van der Waals surface area contributed by atoms with Gasteiger partial charge in [-0.1, -0.05) is 48.5 Å². The van der Waals surface area contributed by atoms with Crippen LogP contribution >= 0.6 is 0 Å². The van der Waals surface area contributed by atoms with E-state index in [0.717, 1.165) is 17.0 Å². The van der Waals surface area contributed by atoms with Gasteiger partial charge in [0, 0.05) is 17.5 Å². The van der Waals surface area contributed by atoms with Gasteiger partial charge in [0.2, 0.25) is 0 Å². The second-order valence-electron chi connectivity index (χ2n) is 6.54. The van der Waals surface area contributed by atoms with Gasteiger partial charge in [-0.15, -0.1) is 0 Å². The molecule has 0 heterocycles. The van der Waals surface area contributed by atoms with Crippen molar-refractivity contribution in [1.29, 1.82) is 0 Å². The van der Waals surface area contributed by atoms with Gasteiger partial charge in [0.05, 0.1) is 6.61 Å². The van der Waals surface area contributed by atoms with Gasteiger partial charge >= 0.3 is 5.97 Å². The third-order valence-electron chi connectivity index (χ3n) is 4.27. The number of nitrogens with one attached hydrogen (secondary N) is 2. The van der Waals surface area contributed by atoms with Crippen LogP contribution in [0.2, 0.25) is 0 Å². The van der Waals surface area contributed by atoms with Gasteiger partial charge < -0.3 is 20.1 Å². The third-order valence-corrected chi connectivity index (χ3v) is 4.27. The second-order valence-corrected chi connectivity index (χ2v) is 6.54. The summed E-state index contributed by atoms with van der Waals surface area (Å²) in [5.41, 5.74) is 2.27. The summed E-state index contributed by atoms with van der Waals surface area (Å²) in [6.45, 7) is 2.38. The molecule has 0 saturated carbocycles. The molecule has 0 aliphatic rings. The number of hydrogen-bond acceptors (Lipinski definition) is 5. The zero-order chi connectivity index (χ0) is 21.9. The lowest BCUT2D eigenvalue weighted by Crippen LogP contribution is -2.29. The van der Waals surface area contributed by atoms with Gasteiger partial charge in [0.25, 0.3) is 5.91 Å². The summed E-state index contributed by atoms with van der Waals surface area (Å²) in [7, 11) is 0. The monoisotopic (exact) mass is 416 g/mol. The molecule has 0 saturated heterocycles. The minimum Gasteiger partial charge on any atom is -0.489 e. The molecule has 0 aromatic heterocycles. The molecule has 158 valence electrons. The lowest BCUT2D eigenvalue weighted by atomic mass is 10.2. The predicted octanol–water partition coefficient (Wildman–Crippen LogP) is 4.51. The fraction of sp³-hybridized carbons (Fsp3) is 0.120. The Morgan fingerprint density at radius 3 is 2.16 bits per heavy atom. The van der Waals surface area contributed by atoms with Crippen LogP contribution in [0.25, 0.3) is 0 Å². The van der Waals surface area contributed by atoms with E-state index in [9.17, 15) is 9.59 Å². The number of esters is 1. The Kier molecular flexibility index (Phi) is 7.83. The van der Waals surface area contributed by atoms with Gasteiger partial charge in [-0.2, -0.15) is 0 Å². The predicted molar refractivity (Wildman–Crippen MR) is 119 cm³/mol. The van der Waals surface area contributed by atoms with E-state index in [0.29, 0.717) is 12.2 Å². The van der Waals surface area contributed by atoms with E-state index in [2.05, 4.69) is 10.6 Å². The van der Waals surface area contributed by atoms with E-state index in [1.165, 1.54) is 6.20 Å². The number of hydrogen-bond donors (Lipinski definition) is 2. The number of carbonyl (C=O) groups is 2. The van der Waals surface area contributed by atoms with E-state index < -0.39 is 11.9 Å². The molecular formula is C25H24N2O4. The normalized spacial score (nSPS) is 10.8. The van der Waals surface area contributed by atoms with Crippen LogP contribution in [0.3, 0.4) is 0 Å². The number of rotatable bonds is 9. The Labute approximate surface area is 181 Å². The molecule has 0 unspecified atom stereocenters. The second kappa shape index (κ2) is 11.2. The quantitative estimate of drug-likeness (QED) is 0.396. The maximum absolute atomic E-state index is 12.4. The summed E-state index contributed by atoms with van der Waals surface area (Å²) >= 11 is 0. The first kappa shape index (κ1) is 21.6. The molecule has 3 aromatic rings. The summed E-state index contributed by atoms with van der Waals surface area (Å²) < 4.78 is 10.8. The molecule has 0 spiro atoms. The third kappa shape index (κ3) is 6.75. The molecular weight excluding hydrogens is 392 g/mol. The molecule has 31 heavy (non-hydrogen) atoms. The highest BCUT2D eigenvalue weighted by Gasteiger charge is 2.15. The highest BCUT2D eigenvalue weighted by atomic mass is 16.5. The number of anilines is 1. The Morgan fingerprint density at radius 2 is 1.52 bits per heavy atom. The highest BCUT2D eigenvalue weighted by molar-refractivity contribution is 6.01. The SMILES string of the molecule is CCOC(=O)C(=CNc1ccc(OCc2ccccc2)cc1)NC(=O)c1ccccc1. The van der Waals surface area contributed by atoms with Crippen molar-refractivity contribution in [2.45, 2.75) is 13.5 Å². The van der Waals surface area contributed by atoms with Gasteiger partial charge in [-0.25, -0.2) is 4.79 Å². The van der Waals surface area contributed by atoms with Crippen molar-refractivity contribution in [2.75, 3.05) is 11.9 Å². The number of ether oxygens (including phenoxy) is 2. The summed E-state index contributed by atoms with van der Waals surface area (Å²) in [5.74, 6) is -0.296. The maximum atomic E-state index is 12.4. The van der Waals surface area contributed by atoms with Crippen LogP contribution in [0, 0.1) is 0 Å². The smallest absolute Gasteiger partial charge is 0.356 e. The lowest BCUT2D eigenvalue weighted by Gasteiger charge is -2.11. The Balaban J connectivity index is 1.63. The van der Waals surface area contributed by atoms with Crippen molar-refractivity contribution < 1.29 is 19.1 Å². The van der Waals surface area contributed by atoms with Crippen molar-refractivity contribution in [3.05, 3.63) is 108 Å². The van der Waals surface area contributed by atoms with Crippen molar-refractivity contribution in [3.8, 4) is 5.75 Å². The Bertz CT molecular complexity index is 1020. The maximum Gasteiger partial charge on any atom is 0.356 e. The van der Waals surface area contributed by atoms with Crippen molar-refractivity contribution in [1.82, 2.24) is 5.32 Å². The molecule has 6 heteroatoms. The molecule has 2 N–H and O–H groups in total. The van der Waals surface area contributed by atoms with Crippen molar-refractivity contribution in [3.63, 3.8) is 0 Å². The van der Waals surface area contributed by atoms with E-state index in [1.807, 2.05) is 60.7 Å². The van der Waals surface area contributed by atoms with Crippen molar-refractivity contribution >= 4 is 17.6 Å². The molecule has 0 radical (unpaired) electrons. The van der Waals surface area contributed by atoms with E-state index in [4.69, 9.17) is 9.47 Å². The van der Waals surface area contributed by atoms with Crippen LogP contribution in [-0.4, -0.2) is 18.5 Å². The van der Waals surface area contributed by atoms with Crippen LogP contribution in [0.15, 0.2) is 96.8 Å². The molecule has 3 aromatic carbocycles. The largest absolute Gasteiger partial charge is 0.489 e. The van der Waals surface area contributed by atoms with Crippen LogP contribution in [-0.2, 0) is 16.1 Å². The molecule has 0 aliphatic carbocycles. The topological polar surface area (TPSA) is 76.7 Å². The van der Waals surface area contributed by atoms with Crippen LogP contribution in [0.1, 0.15) is 22.8 Å². The van der Waals surface area contributed by atoms with Crippen LogP contribution in [0.5, 0.6) is 5.75 Å². The first-order valence-electron chi connectivity index (χ1n) is 9.92. The van der Waals surface area contributed by atoms with E-state index in [1.54, 1.807) is 31.2 Å². The standard InChI is InChI=1S/C25H24N2O4/c1-2-30-25(29)23(27-24(28)20-11-7-4-8-12-20)17-26-21-13-15-22(16-14-21)31-18-19-9-5-3-6-10-19/h3-17,26H,2,18H2,1H3,(H,27,28). The first-order chi connectivity index (χ1) is 15.2. The van der Waals surface area contributed by atoms with Crippen LogP contribution in [0.4, 0.5) is 5.69 Å². The number of amides is 1. The summed E-state index contributed by atoms with van der Waals surface area (Å²) in [5, 5.41) is 5.61. The fourth-order valence-corrected chi connectivity index (χ4v) is 2.68. The average molecular weight is 416 g/mol. The fourth-order valence-electron chi connectivity index (χ4n) is 2.68. The molecule has 3 rings (SSSR count). The van der Waals surface area contributed by atoms with E-state index in [-0.39, 0.29) is 12.3 Å². The minimum absolute atomic E-state index is 0.0140. The van der Waals surface area contributed by atoms with Gasteiger partial charge in [-0.3, -0.25) is 4.79 Å². The van der Waals surface area contributed by atoms with Crippen LogP contribution < -0.4 is 15.4 Å². The number of carbonyl (C=O) groups excluding carboxylic acids is 2. The molecule has 0 fully saturated rings. The Hall–Kier alpha value is -4.06. The molecule has 1 amide bonds. The summed E-state index contributed by atoms with van der Waals surface area (Å²) in [6, 6.07) is 25.8. The number of benzene rings is 3. The first-order valence-corrected chi connectivity index (χ1v) is 9.92. The van der Waals surface area contributed by atoms with E-state index >= 15 is 0 Å². The minimum atomic E-state index is -0.623. The zero-order valence-electron chi connectivity index (χ0n) is 17.2. The zero-order valence-corrected chi connectivity index (χ0v) is 17.2. The highest BCUT2D eigenvalue weighted by Crippen LogP contribution is 2.17. The molecule has 0 atom stereocenters.